The van der Waals surface area contributed by atoms with Gasteiger partial charge in [0.2, 0.25) is 5.91 Å². The number of hydrogen-bond acceptors (Lipinski definition) is 3. The van der Waals surface area contributed by atoms with Crippen LogP contribution in [0.25, 0.3) is 0 Å². The third-order valence-electron chi connectivity index (χ3n) is 2.85. The van der Waals surface area contributed by atoms with E-state index in [1.165, 1.54) is 0 Å². The van der Waals surface area contributed by atoms with Crippen LogP contribution in [0.2, 0.25) is 0 Å². The molecule has 0 spiro atoms. The minimum Gasteiger partial charge on any atom is -0.494 e. The van der Waals surface area contributed by atoms with Gasteiger partial charge in [-0.15, -0.1) is 0 Å². The van der Waals surface area contributed by atoms with Gasteiger partial charge < -0.3 is 20.7 Å². The zero-order valence-corrected chi connectivity index (χ0v) is 12.9. The van der Waals surface area contributed by atoms with Gasteiger partial charge in [0.15, 0.2) is 0 Å². The van der Waals surface area contributed by atoms with E-state index in [2.05, 4.69) is 16.0 Å². The average molecular weight is 293 g/mol. The van der Waals surface area contributed by atoms with Crippen LogP contribution in [0.5, 0.6) is 5.75 Å². The second-order valence-corrected chi connectivity index (χ2v) is 4.62. The summed E-state index contributed by atoms with van der Waals surface area (Å²) in [7, 11) is 0. The summed E-state index contributed by atoms with van der Waals surface area (Å²) in [6.45, 7) is 8.38. The van der Waals surface area contributed by atoms with E-state index in [0.29, 0.717) is 18.8 Å². The van der Waals surface area contributed by atoms with Crippen molar-refractivity contribution in [3.05, 3.63) is 23.8 Å². The van der Waals surface area contributed by atoms with Gasteiger partial charge in [-0.05, 0) is 51.5 Å². The lowest BCUT2D eigenvalue weighted by Crippen LogP contribution is -2.46. The molecule has 0 unspecified atom stereocenters. The summed E-state index contributed by atoms with van der Waals surface area (Å²) in [4.78, 5) is 23.4. The molecule has 0 aliphatic heterocycles. The van der Waals surface area contributed by atoms with Gasteiger partial charge in [-0.1, -0.05) is 0 Å². The molecule has 0 fully saturated rings. The molecule has 3 N–H and O–H groups in total. The lowest BCUT2D eigenvalue weighted by Gasteiger charge is -2.15. The van der Waals surface area contributed by atoms with E-state index in [9.17, 15) is 9.59 Å². The number of carbonyl (C=O) groups excluding carboxylic acids is 2. The lowest BCUT2D eigenvalue weighted by atomic mass is 10.2. The van der Waals surface area contributed by atoms with Gasteiger partial charge in [-0.25, -0.2) is 4.79 Å². The normalized spacial score (nSPS) is 11.4. The highest BCUT2D eigenvalue weighted by Gasteiger charge is 2.15. The molecule has 1 rings (SSSR count). The van der Waals surface area contributed by atoms with Crippen LogP contribution in [0.15, 0.2) is 18.2 Å². The number of carbonyl (C=O) groups is 2. The number of benzene rings is 1. The molecular formula is C15H23N3O3. The van der Waals surface area contributed by atoms with Gasteiger partial charge in [0.05, 0.1) is 6.61 Å². The number of urea groups is 1. The summed E-state index contributed by atoms with van der Waals surface area (Å²) in [6.07, 6.45) is 0. The Morgan fingerprint density at radius 1 is 1.29 bits per heavy atom. The Hall–Kier alpha value is -2.24. The molecule has 1 aromatic carbocycles. The first kappa shape index (κ1) is 16.8. The van der Waals surface area contributed by atoms with E-state index in [-0.39, 0.29) is 5.91 Å². The van der Waals surface area contributed by atoms with Gasteiger partial charge in [0.25, 0.3) is 0 Å². The Kier molecular flexibility index (Phi) is 6.52. The van der Waals surface area contributed by atoms with Crippen LogP contribution in [-0.4, -0.2) is 31.1 Å². The van der Waals surface area contributed by atoms with Crippen LogP contribution in [0.3, 0.4) is 0 Å². The monoisotopic (exact) mass is 293 g/mol. The zero-order valence-electron chi connectivity index (χ0n) is 12.9. The summed E-state index contributed by atoms with van der Waals surface area (Å²) < 4.78 is 5.39. The molecule has 1 aromatic rings. The summed E-state index contributed by atoms with van der Waals surface area (Å²) in [5.74, 6) is 0.549. The summed E-state index contributed by atoms with van der Waals surface area (Å²) in [5, 5.41) is 7.96. The molecular weight excluding hydrogens is 270 g/mol. The van der Waals surface area contributed by atoms with Crippen molar-refractivity contribution < 1.29 is 14.3 Å². The Bertz CT molecular complexity index is 503. The van der Waals surface area contributed by atoms with Crippen molar-refractivity contribution in [2.24, 2.45) is 0 Å². The predicted molar refractivity (Wildman–Crippen MR) is 82.6 cm³/mol. The number of nitrogens with one attached hydrogen (secondary N) is 3. The maximum absolute atomic E-state index is 11.9. The fourth-order valence-corrected chi connectivity index (χ4v) is 1.78. The number of aryl methyl sites for hydroxylation is 1. The molecule has 0 bridgehead atoms. The summed E-state index contributed by atoms with van der Waals surface area (Å²) >= 11 is 0. The number of ether oxygens (including phenoxy) is 1. The molecule has 1 atom stereocenters. The summed E-state index contributed by atoms with van der Waals surface area (Å²) in [5.41, 5.74) is 1.57. The van der Waals surface area contributed by atoms with Gasteiger partial charge in [-0.2, -0.15) is 0 Å². The highest BCUT2D eigenvalue weighted by atomic mass is 16.5. The topological polar surface area (TPSA) is 79.5 Å². The molecule has 0 radical (unpaired) electrons. The van der Waals surface area contributed by atoms with E-state index < -0.39 is 12.1 Å². The molecule has 0 aliphatic rings. The van der Waals surface area contributed by atoms with Crippen molar-refractivity contribution in [2.45, 2.75) is 33.7 Å². The van der Waals surface area contributed by atoms with Gasteiger partial charge in [0, 0.05) is 12.2 Å². The van der Waals surface area contributed by atoms with Crippen molar-refractivity contribution in [3.8, 4) is 5.75 Å². The SMILES string of the molecule is CCNC(=O)[C@H](C)NC(=O)Nc1ccc(OCC)cc1C. The first-order chi connectivity index (χ1) is 9.97. The van der Waals surface area contributed by atoms with Crippen LogP contribution in [-0.2, 0) is 4.79 Å². The average Bonchev–Trinajstić information content (AvgIpc) is 2.42. The number of amides is 3. The third kappa shape index (κ3) is 5.33. The second kappa shape index (κ2) is 8.14. The second-order valence-electron chi connectivity index (χ2n) is 4.62. The van der Waals surface area contributed by atoms with Crippen LogP contribution in [0, 0.1) is 6.92 Å². The quantitative estimate of drug-likeness (QED) is 0.751. The van der Waals surface area contributed by atoms with E-state index in [0.717, 1.165) is 11.3 Å². The molecule has 6 nitrogen and oxygen atoms in total. The molecule has 0 saturated carbocycles. The maximum atomic E-state index is 11.9. The number of anilines is 1. The molecule has 0 saturated heterocycles. The van der Waals surface area contributed by atoms with Crippen molar-refractivity contribution >= 4 is 17.6 Å². The van der Waals surface area contributed by atoms with E-state index in [4.69, 9.17) is 4.74 Å². The molecule has 6 heteroatoms. The van der Waals surface area contributed by atoms with Crippen LogP contribution >= 0.6 is 0 Å². The van der Waals surface area contributed by atoms with Crippen molar-refractivity contribution in [1.82, 2.24) is 10.6 Å². The number of likely N-dealkylation sites (N-methyl/N-ethyl adjacent to an activating group) is 1. The largest absolute Gasteiger partial charge is 0.494 e. The van der Waals surface area contributed by atoms with Crippen LogP contribution < -0.4 is 20.7 Å². The molecule has 0 aliphatic carbocycles. The summed E-state index contributed by atoms with van der Waals surface area (Å²) in [6, 6.07) is 4.41. The fraction of sp³-hybridized carbons (Fsp3) is 0.467. The number of rotatable bonds is 6. The molecule has 3 amide bonds. The Labute approximate surface area is 125 Å². The van der Waals surface area contributed by atoms with Crippen molar-refractivity contribution in [2.75, 3.05) is 18.5 Å². The van der Waals surface area contributed by atoms with Crippen LogP contribution in [0.1, 0.15) is 26.3 Å². The standard InChI is InChI=1S/C15H23N3O3/c1-5-16-14(19)11(4)17-15(20)18-13-8-7-12(21-6-2)9-10(13)3/h7-9,11H,5-6H2,1-4H3,(H,16,19)(H2,17,18,20)/t11-/m0/s1. The smallest absolute Gasteiger partial charge is 0.319 e. The number of hydrogen-bond donors (Lipinski definition) is 3. The Balaban J connectivity index is 2.60. The third-order valence-corrected chi connectivity index (χ3v) is 2.85. The van der Waals surface area contributed by atoms with Crippen molar-refractivity contribution in [1.29, 1.82) is 0 Å². The first-order valence-electron chi connectivity index (χ1n) is 7.06. The minimum atomic E-state index is -0.590. The van der Waals surface area contributed by atoms with Crippen LogP contribution in [0.4, 0.5) is 10.5 Å². The highest BCUT2D eigenvalue weighted by Crippen LogP contribution is 2.21. The van der Waals surface area contributed by atoms with Gasteiger partial charge in [-0.3, -0.25) is 4.79 Å². The van der Waals surface area contributed by atoms with E-state index >= 15 is 0 Å². The minimum absolute atomic E-state index is 0.212. The van der Waals surface area contributed by atoms with E-state index in [1.807, 2.05) is 26.8 Å². The molecule has 0 aromatic heterocycles. The predicted octanol–water partition coefficient (Wildman–Crippen LogP) is 2.04. The maximum Gasteiger partial charge on any atom is 0.319 e. The fourth-order valence-electron chi connectivity index (χ4n) is 1.78. The Morgan fingerprint density at radius 2 is 2.00 bits per heavy atom. The Morgan fingerprint density at radius 3 is 2.57 bits per heavy atom. The molecule has 0 heterocycles. The van der Waals surface area contributed by atoms with Gasteiger partial charge >= 0.3 is 6.03 Å². The van der Waals surface area contributed by atoms with E-state index in [1.54, 1.807) is 19.1 Å². The highest BCUT2D eigenvalue weighted by molar-refractivity contribution is 5.94. The zero-order chi connectivity index (χ0) is 15.8. The molecule has 116 valence electrons. The van der Waals surface area contributed by atoms with Crippen molar-refractivity contribution in [3.63, 3.8) is 0 Å². The first-order valence-corrected chi connectivity index (χ1v) is 7.06. The molecule has 21 heavy (non-hydrogen) atoms. The lowest BCUT2D eigenvalue weighted by molar-refractivity contribution is -0.122. The van der Waals surface area contributed by atoms with Gasteiger partial charge in [0.1, 0.15) is 11.8 Å².